The van der Waals surface area contributed by atoms with Gasteiger partial charge in [0.2, 0.25) is 0 Å². The van der Waals surface area contributed by atoms with Crippen LogP contribution in [0, 0.1) is 20.8 Å². The first-order valence-electron chi connectivity index (χ1n) is 8.78. The van der Waals surface area contributed by atoms with Crippen LogP contribution in [0.1, 0.15) is 40.4 Å². The highest BCUT2D eigenvalue weighted by atomic mass is 16.5. The molecule has 0 spiro atoms. The van der Waals surface area contributed by atoms with Gasteiger partial charge >= 0.3 is 0 Å². The molecule has 1 N–H and O–H groups in total. The van der Waals surface area contributed by atoms with E-state index in [9.17, 15) is 4.79 Å². The van der Waals surface area contributed by atoms with E-state index in [0.29, 0.717) is 12.1 Å². The van der Waals surface area contributed by atoms with Gasteiger partial charge in [0.05, 0.1) is 18.5 Å². The lowest BCUT2D eigenvalue weighted by Gasteiger charge is -2.36. The van der Waals surface area contributed by atoms with Crippen LogP contribution < -0.4 is 15.0 Å². The molecule has 1 atom stereocenters. The molecule has 0 fully saturated rings. The number of aryl methyl sites for hydroxylation is 3. The lowest BCUT2D eigenvalue weighted by Crippen LogP contribution is -2.44. The number of carbonyl (C=O) groups is 1. The van der Waals surface area contributed by atoms with Crippen molar-refractivity contribution in [3.05, 3.63) is 52.6 Å². The molecule has 0 saturated carbocycles. The highest BCUT2D eigenvalue weighted by Gasteiger charge is 2.28. The molecule has 3 rings (SSSR count). The van der Waals surface area contributed by atoms with E-state index >= 15 is 0 Å². The Balaban J connectivity index is 2.02. The van der Waals surface area contributed by atoms with Crippen molar-refractivity contribution < 1.29 is 9.53 Å². The quantitative estimate of drug-likeness (QED) is 0.898. The summed E-state index contributed by atoms with van der Waals surface area (Å²) in [5.41, 5.74) is 6.09. The Morgan fingerprint density at radius 2 is 1.88 bits per heavy atom. The van der Waals surface area contributed by atoms with Gasteiger partial charge in [-0.15, -0.1) is 0 Å². The summed E-state index contributed by atoms with van der Waals surface area (Å²) in [6, 6.07) is 10.1. The number of nitrogens with one attached hydrogen (secondary N) is 1. The maximum absolute atomic E-state index is 13.2. The Kier molecular flexibility index (Phi) is 4.71. The third-order valence-corrected chi connectivity index (χ3v) is 5.05. The molecule has 4 heteroatoms. The summed E-state index contributed by atoms with van der Waals surface area (Å²) in [5.74, 6) is 0.838. The zero-order valence-corrected chi connectivity index (χ0v) is 15.6. The van der Waals surface area contributed by atoms with Crippen molar-refractivity contribution in [3.63, 3.8) is 0 Å². The van der Waals surface area contributed by atoms with Crippen LogP contribution in [-0.2, 0) is 0 Å². The number of rotatable bonds is 3. The van der Waals surface area contributed by atoms with Gasteiger partial charge in [-0.05, 0) is 74.2 Å². The van der Waals surface area contributed by atoms with Gasteiger partial charge in [0.1, 0.15) is 5.75 Å². The van der Waals surface area contributed by atoms with Gasteiger partial charge in [0.25, 0.3) is 5.91 Å². The Bertz CT molecular complexity index is 814. The summed E-state index contributed by atoms with van der Waals surface area (Å²) >= 11 is 0. The molecule has 1 amide bonds. The Morgan fingerprint density at radius 1 is 1.16 bits per heavy atom. The summed E-state index contributed by atoms with van der Waals surface area (Å²) in [7, 11) is 1.65. The lowest BCUT2D eigenvalue weighted by molar-refractivity contribution is 0.0984. The van der Waals surface area contributed by atoms with Crippen LogP contribution in [-0.4, -0.2) is 25.6 Å². The minimum Gasteiger partial charge on any atom is -0.496 e. The summed E-state index contributed by atoms with van der Waals surface area (Å²) in [4.78, 5) is 15.1. The topological polar surface area (TPSA) is 41.6 Å². The summed E-state index contributed by atoms with van der Waals surface area (Å²) < 4.78 is 5.31. The number of fused-ring (bicyclic) bond motifs is 1. The number of hydrogen-bond donors (Lipinski definition) is 1. The molecule has 0 saturated heterocycles. The second-order valence-electron chi connectivity index (χ2n) is 6.80. The number of methoxy groups -OCH3 is 1. The average Bonchev–Trinajstić information content (AvgIpc) is 2.61. The van der Waals surface area contributed by atoms with E-state index in [2.05, 4.69) is 38.2 Å². The number of amides is 1. The van der Waals surface area contributed by atoms with E-state index < -0.39 is 0 Å². The van der Waals surface area contributed by atoms with Gasteiger partial charge in [-0.25, -0.2) is 0 Å². The van der Waals surface area contributed by atoms with Gasteiger partial charge in [0.15, 0.2) is 0 Å². The molecule has 2 aromatic rings. The standard InChI is InChI=1S/C21H26N2O2/c1-6-17-12-23(19-11-14(3)13(2)10-18(19)22-17)21(24)16-7-8-20(25-5)15(4)9-16/h7-11,17,22H,6,12H2,1-5H3. The van der Waals surface area contributed by atoms with Gasteiger partial charge in [-0.1, -0.05) is 6.92 Å². The van der Waals surface area contributed by atoms with Gasteiger partial charge in [-0.3, -0.25) is 4.79 Å². The SMILES string of the molecule is CCC1CN(C(=O)c2ccc(OC)c(C)c2)c2cc(C)c(C)cc2N1. The smallest absolute Gasteiger partial charge is 0.258 e. The fourth-order valence-corrected chi connectivity index (χ4v) is 3.31. The van der Waals surface area contributed by atoms with Crippen molar-refractivity contribution in [2.24, 2.45) is 0 Å². The zero-order chi connectivity index (χ0) is 18.1. The fourth-order valence-electron chi connectivity index (χ4n) is 3.31. The monoisotopic (exact) mass is 338 g/mol. The van der Waals surface area contributed by atoms with Gasteiger partial charge in [0, 0.05) is 18.2 Å². The van der Waals surface area contributed by atoms with Crippen molar-refractivity contribution in [1.29, 1.82) is 0 Å². The molecule has 1 aliphatic heterocycles. The molecule has 0 radical (unpaired) electrons. The summed E-state index contributed by atoms with van der Waals surface area (Å²) in [6.07, 6.45) is 0.970. The molecular formula is C21H26N2O2. The van der Waals surface area contributed by atoms with Gasteiger partial charge < -0.3 is 15.0 Å². The summed E-state index contributed by atoms with van der Waals surface area (Å²) in [5, 5.41) is 3.57. The van der Waals surface area contributed by atoms with Crippen LogP contribution >= 0.6 is 0 Å². The Labute approximate surface area is 149 Å². The fraction of sp³-hybridized carbons (Fsp3) is 0.381. The van der Waals surface area contributed by atoms with E-state index in [4.69, 9.17) is 4.74 Å². The highest BCUT2D eigenvalue weighted by Crippen LogP contribution is 2.35. The van der Waals surface area contributed by atoms with Crippen LogP contribution in [0.15, 0.2) is 30.3 Å². The molecule has 1 aliphatic rings. The highest BCUT2D eigenvalue weighted by molar-refractivity contribution is 6.08. The first kappa shape index (κ1) is 17.3. The minimum absolute atomic E-state index is 0.0372. The number of benzene rings is 2. The predicted molar refractivity (Wildman–Crippen MR) is 103 cm³/mol. The van der Waals surface area contributed by atoms with Crippen molar-refractivity contribution in [2.75, 3.05) is 23.9 Å². The first-order valence-corrected chi connectivity index (χ1v) is 8.78. The van der Waals surface area contributed by atoms with Crippen LogP contribution in [0.2, 0.25) is 0 Å². The zero-order valence-electron chi connectivity index (χ0n) is 15.6. The first-order chi connectivity index (χ1) is 11.9. The van der Waals surface area contributed by atoms with E-state index in [0.717, 1.165) is 29.1 Å². The molecule has 4 nitrogen and oxygen atoms in total. The van der Waals surface area contributed by atoms with Crippen LogP contribution in [0.4, 0.5) is 11.4 Å². The average molecular weight is 338 g/mol. The molecule has 2 aromatic carbocycles. The number of nitrogens with zero attached hydrogens (tertiary/aromatic N) is 1. The molecule has 0 bridgehead atoms. The minimum atomic E-state index is 0.0372. The van der Waals surface area contributed by atoms with E-state index in [1.54, 1.807) is 7.11 Å². The number of carbonyl (C=O) groups excluding carboxylic acids is 1. The van der Waals surface area contributed by atoms with Crippen molar-refractivity contribution in [3.8, 4) is 5.75 Å². The molecule has 132 valence electrons. The maximum Gasteiger partial charge on any atom is 0.258 e. The largest absolute Gasteiger partial charge is 0.496 e. The van der Waals surface area contributed by atoms with Crippen LogP contribution in [0.25, 0.3) is 0 Å². The number of hydrogen-bond acceptors (Lipinski definition) is 3. The molecule has 25 heavy (non-hydrogen) atoms. The molecule has 1 heterocycles. The Hall–Kier alpha value is -2.49. The van der Waals surface area contributed by atoms with E-state index in [1.807, 2.05) is 30.0 Å². The number of anilines is 2. The van der Waals surface area contributed by atoms with Crippen molar-refractivity contribution in [2.45, 2.75) is 40.2 Å². The second kappa shape index (κ2) is 6.79. The van der Waals surface area contributed by atoms with Crippen molar-refractivity contribution >= 4 is 17.3 Å². The van der Waals surface area contributed by atoms with E-state index in [1.165, 1.54) is 11.1 Å². The third-order valence-electron chi connectivity index (χ3n) is 5.05. The van der Waals surface area contributed by atoms with Crippen molar-refractivity contribution in [1.82, 2.24) is 0 Å². The molecule has 0 aliphatic carbocycles. The third kappa shape index (κ3) is 3.21. The van der Waals surface area contributed by atoms with Crippen LogP contribution in [0.5, 0.6) is 5.75 Å². The number of ether oxygens (including phenoxy) is 1. The molecule has 1 unspecified atom stereocenters. The Morgan fingerprint density at radius 3 is 2.52 bits per heavy atom. The second-order valence-corrected chi connectivity index (χ2v) is 6.80. The molecule has 0 aromatic heterocycles. The maximum atomic E-state index is 13.2. The summed E-state index contributed by atoms with van der Waals surface area (Å²) in [6.45, 7) is 8.97. The predicted octanol–water partition coefficient (Wildman–Crippen LogP) is 4.47. The van der Waals surface area contributed by atoms with Crippen LogP contribution in [0.3, 0.4) is 0 Å². The normalized spacial score (nSPS) is 16.2. The van der Waals surface area contributed by atoms with E-state index in [-0.39, 0.29) is 11.9 Å². The molecular weight excluding hydrogens is 312 g/mol. The van der Waals surface area contributed by atoms with Gasteiger partial charge in [-0.2, -0.15) is 0 Å². The lowest BCUT2D eigenvalue weighted by atomic mass is 10.0.